The summed E-state index contributed by atoms with van der Waals surface area (Å²) in [6.45, 7) is 2.95. The van der Waals surface area contributed by atoms with Gasteiger partial charge in [0.05, 0.1) is 18.3 Å². The summed E-state index contributed by atoms with van der Waals surface area (Å²) in [5.41, 5.74) is -0.361. The summed E-state index contributed by atoms with van der Waals surface area (Å²) in [6, 6.07) is 4.85. The Morgan fingerprint density at radius 1 is 1.33 bits per heavy atom. The number of alkyl halides is 3. The maximum atomic E-state index is 13.1. The molecule has 0 spiro atoms. The van der Waals surface area contributed by atoms with Crippen LogP contribution in [0.5, 0.6) is 0 Å². The van der Waals surface area contributed by atoms with E-state index in [0.29, 0.717) is 19.6 Å². The van der Waals surface area contributed by atoms with Crippen molar-refractivity contribution in [2.24, 2.45) is 0 Å². The van der Waals surface area contributed by atoms with Crippen LogP contribution < -0.4 is 10.6 Å². The second-order valence-electron chi connectivity index (χ2n) is 6.05. The molecule has 4 nitrogen and oxygen atoms in total. The Morgan fingerprint density at radius 3 is 2.71 bits per heavy atom. The first kappa shape index (κ1) is 19.0. The van der Waals surface area contributed by atoms with Crippen molar-refractivity contribution < 1.29 is 22.7 Å². The number of halogens is 4. The fourth-order valence-corrected chi connectivity index (χ4v) is 3.08. The van der Waals surface area contributed by atoms with Crippen LogP contribution in [0.15, 0.2) is 24.3 Å². The Bertz CT molecular complexity index is 597. The predicted molar refractivity (Wildman–Crippen MR) is 85.2 cm³/mol. The lowest BCUT2D eigenvalue weighted by molar-refractivity contribution is -0.138. The first-order valence-electron chi connectivity index (χ1n) is 7.69. The fourth-order valence-electron chi connectivity index (χ4n) is 3.08. The van der Waals surface area contributed by atoms with Crippen LogP contribution in [-0.2, 0) is 15.7 Å². The van der Waals surface area contributed by atoms with E-state index in [1.165, 1.54) is 12.1 Å². The second kappa shape index (κ2) is 7.29. The number of carbonyl (C=O) groups is 1. The Balaban J connectivity index is 0.00000208. The molecule has 1 saturated carbocycles. The minimum atomic E-state index is -4.37. The van der Waals surface area contributed by atoms with Crippen LogP contribution in [0.4, 0.5) is 13.2 Å². The molecule has 2 N–H and O–H groups in total. The van der Waals surface area contributed by atoms with Gasteiger partial charge in [0, 0.05) is 18.5 Å². The second-order valence-corrected chi connectivity index (χ2v) is 6.05. The molecule has 2 unspecified atom stereocenters. The number of benzene rings is 1. The number of ether oxygens (including phenoxy) is 1. The van der Waals surface area contributed by atoms with E-state index in [1.807, 2.05) is 0 Å². The lowest BCUT2D eigenvalue weighted by Gasteiger charge is -2.29. The van der Waals surface area contributed by atoms with Gasteiger partial charge in [-0.3, -0.25) is 4.79 Å². The van der Waals surface area contributed by atoms with E-state index in [0.717, 1.165) is 6.07 Å². The monoisotopic (exact) mass is 364 g/mol. The molecule has 1 amide bonds. The van der Waals surface area contributed by atoms with Gasteiger partial charge >= 0.3 is 6.18 Å². The first-order valence-corrected chi connectivity index (χ1v) is 7.69. The van der Waals surface area contributed by atoms with Gasteiger partial charge in [0.2, 0.25) is 5.91 Å². The molecule has 3 rings (SSSR count). The molecule has 134 valence electrons. The zero-order chi connectivity index (χ0) is 16.6. The molecule has 4 atom stereocenters. The Labute approximate surface area is 144 Å². The van der Waals surface area contributed by atoms with Crippen molar-refractivity contribution in [2.45, 2.75) is 43.6 Å². The van der Waals surface area contributed by atoms with E-state index in [9.17, 15) is 18.0 Å². The highest BCUT2D eigenvalue weighted by atomic mass is 35.5. The molecular formula is C16H20ClF3N2O2. The number of nitrogens with one attached hydrogen (secondary N) is 2. The smallest absolute Gasteiger partial charge is 0.375 e. The topological polar surface area (TPSA) is 50.4 Å². The van der Waals surface area contributed by atoms with Gasteiger partial charge < -0.3 is 15.4 Å². The van der Waals surface area contributed by atoms with Crippen LogP contribution in [-0.4, -0.2) is 37.2 Å². The van der Waals surface area contributed by atoms with Gasteiger partial charge in [-0.15, -0.1) is 12.4 Å². The molecule has 24 heavy (non-hydrogen) atoms. The molecule has 0 aromatic heterocycles. The van der Waals surface area contributed by atoms with Crippen molar-refractivity contribution >= 4 is 18.3 Å². The average Bonchev–Trinajstić information content (AvgIpc) is 3.26. The zero-order valence-corrected chi connectivity index (χ0v) is 13.9. The van der Waals surface area contributed by atoms with Gasteiger partial charge in [0.15, 0.2) is 0 Å². The van der Waals surface area contributed by atoms with Gasteiger partial charge in [-0.1, -0.05) is 18.2 Å². The van der Waals surface area contributed by atoms with E-state index < -0.39 is 17.8 Å². The maximum Gasteiger partial charge on any atom is 0.416 e. The van der Waals surface area contributed by atoms with E-state index in [2.05, 4.69) is 10.6 Å². The molecular weight excluding hydrogens is 345 g/mol. The molecule has 2 fully saturated rings. The van der Waals surface area contributed by atoms with Gasteiger partial charge in [-0.25, -0.2) is 0 Å². The van der Waals surface area contributed by atoms with Crippen LogP contribution in [0.3, 0.4) is 0 Å². The molecule has 0 bridgehead atoms. The summed E-state index contributed by atoms with van der Waals surface area (Å²) in [5, 5.41) is 5.91. The molecule has 1 aromatic rings. The Hall–Kier alpha value is -1.31. The summed E-state index contributed by atoms with van der Waals surface area (Å²) < 4.78 is 44.6. The quantitative estimate of drug-likeness (QED) is 0.866. The van der Waals surface area contributed by atoms with E-state index in [4.69, 9.17) is 4.74 Å². The molecule has 2 aliphatic rings. The molecule has 1 saturated heterocycles. The minimum Gasteiger partial charge on any atom is -0.375 e. The number of hydrogen-bond donors (Lipinski definition) is 2. The zero-order valence-electron chi connectivity index (χ0n) is 13.1. The van der Waals surface area contributed by atoms with Crippen LogP contribution in [0.2, 0.25) is 0 Å². The third kappa shape index (κ3) is 4.02. The lowest BCUT2D eigenvalue weighted by Crippen LogP contribution is -2.55. The number of morpholine rings is 1. The summed E-state index contributed by atoms with van der Waals surface area (Å²) in [7, 11) is 0. The predicted octanol–water partition coefficient (Wildman–Crippen LogP) is 2.48. The fraction of sp³-hybridized carbons (Fsp3) is 0.562. The van der Waals surface area contributed by atoms with Crippen LogP contribution in [0.25, 0.3) is 0 Å². The largest absolute Gasteiger partial charge is 0.416 e. The van der Waals surface area contributed by atoms with Crippen molar-refractivity contribution in [2.75, 3.05) is 13.2 Å². The third-order valence-electron chi connectivity index (χ3n) is 4.38. The summed E-state index contributed by atoms with van der Waals surface area (Å²) in [5.74, 6) is -0.495. The highest BCUT2D eigenvalue weighted by Gasteiger charge is 2.45. The molecule has 1 heterocycles. The van der Waals surface area contributed by atoms with E-state index >= 15 is 0 Å². The van der Waals surface area contributed by atoms with Crippen molar-refractivity contribution in [3.8, 4) is 0 Å². The van der Waals surface area contributed by atoms with Crippen molar-refractivity contribution in [1.29, 1.82) is 0 Å². The molecule has 0 radical (unpaired) electrons. The molecule has 1 aliphatic heterocycles. The summed E-state index contributed by atoms with van der Waals surface area (Å²) in [6.07, 6.45) is -4.09. The Morgan fingerprint density at radius 2 is 2.04 bits per heavy atom. The number of carbonyl (C=O) groups excluding carboxylic acids is 1. The number of amides is 1. The van der Waals surface area contributed by atoms with E-state index in [1.54, 1.807) is 13.0 Å². The first-order chi connectivity index (χ1) is 10.9. The van der Waals surface area contributed by atoms with Crippen LogP contribution >= 0.6 is 12.4 Å². The van der Waals surface area contributed by atoms with E-state index in [-0.39, 0.29) is 41.9 Å². The van der Waals surface area contributed by atoms with Gasteiger partial charge in [-0.2, -0.15) is 13.2 Å². The summed E-state index contributed by atoms with van der Waals surface area (Å²) >= 11 is 0. The number of hydrogen-bond acceptors (Lipinski definition) is 3. The lowest BCUT2D eigenvalue weighted by atomic mass is 10.0. The molecule has 1 aromatic carbocycles. The van der Waals surface area contributed by atoms with Crippen molar-refractivity contribution in [3.63, 3.8) is 0 Å². The van der Waals surface area contributed by atoms with Gasteiger partial charge in [-0.05, 0) is 25.0 Å². The van der Waals surface area contributed by atoms with Crippen molar-refractivity contribution in [1.82, 2.24) is 10.6 Å². The minimum absolute atomic E-state index is 0. The van der Waals surface area contributed by atoms with Crippen LogP contribution in [0.1, 0.15) is 30.4 Å². The molecule has 8 heteroatoms. The highest BCUT2D eigenvalue weighted by molar-refractivity contribution is 5.85. The third-order valence-corrected chi connectivity index (χ3v) is 4.38. The van der Waals surface area contributed by atoms with Crippen LogP contribution in [0, 0.1) is 0 Å². The van der Waals surface area contributed by atoms with Gasteiger partial charge in [0.25, 0.3) is 0 Å². The van der Waals surface area contributed by atoms with Gasteiger partial charge in [0.1, 0.15) is 6.04 Å². The molecule has 1 aliphatic carbocycles. The van der Waals surface area contributed by atoms with Crippen molar-refractivity contribution in [3.05, 3.63) is 35.4 Å². The average molecular weight is 365 g/mol. The summed E-state index contributed by atoms with van der Waals surface area (Å²) in [4.78, 5) is 12.2. The highest BCUT2D eigenvalue weighted by Crippen LogP contribution is 2.46. The maximum absolute atomic E-state index is 13.1. The normalized spacial score (nSPS) is 29.5. The standard InChI is InChI=1S/C16H19F3N2O2.ClH/c1-9-14(20-6-7-23-9)15(22)21-13-8-11(13)10-4-2-3-5-12(10)16(17,18)19;/h2-5,9,11,13-14,20H,6-8H2,1H3,(H,21,22);1H/t9-,11?,13?,14+;/m1./s1. The Kier molecular flexibility index (Phi) is 5.78. The SMILES string of the molecule is C[C@H]1OCCN[C@@H]1C(=O)NC1CC1c1ccccc1C(F)(F)F.Cl. The number of rotatable bonds is 3.